The molecule has 0 aromatic carbocycles. The molecular formula is C11H23NO2S. The molecule has 1 aliphatic carbocycles. The monoisotopic (exact) mass is 233 g/mol. The van der Waals surface area contributed by atoms with E-state index in [2.05, 4.69) is 5.32 Å². The molecule has 1 rings (SSSR count). The molecule has 0 amide bonds. The van der Waals surface area contributed by atoms with Gasteiger partial charge in [0.15, 0.2) is 0 Å². The van der Waals surface area contributed by atoms with Gasteiger partial charge in [-0.25, -0.2) is 8.42 Å². The number of unbranched alkanes of at least 4 members (excludes halogenated alkanes) is 2. The fourth-order valence-electron chi connectivity index (χ4n) is 1.63. The second-order valence-corrected chi connectivity index (χ2v) is 6.74. The largest absolute Gasteiger partial charge is 0.314 e. The average Bonchev–Trinajstić information content (AvgIpc) is 2.94. The number of sulfone groups is 1. The van der Waals surface area contributed by atoms with Crippen molar-refractivity contribution < 1.29 is 8.42 Å². The van der Waals surface area contributed by atoms with Crippen molar-refractivity contribution in [2.24, 2.45) is 0 Å². The molecule has 0 radical (unpaired) electrons. The molecule has 1 N–H and O–H groups in total. The summed E-state index contributed by atoms with van der Waals surface area (Å²) < 4.78 is 22.7. The maximum atomic E-state index is 11.4. The summed E-state index contributed by atoms with van der Waals surface area (Å²) in [4.78, 5) is 0. The average molecular weight is 233 g/mol. The quantitative estimate of drug-likeness (QED) is 0.617. The molecule has 15 heavy (non-hydrogen) atoms. The Bertz CT molecular complexity index is 258. The van der Waals surface area contributed by atoms with Crippen LogP contribution in [0.2, 0.25) is 0 Å². The van der Waals surface area contributed by atoms with Gasteiger partial charge in [-0.2, -0.15) is 0 Å². The molecule has 0 aromatic rings. The minimum absolute atomic E-state index is 0.354. The molecule has 90 valence electrons. The van der Waals surface area contributed by atoms with Gasteiger partial charge in [0, 0.05) is 11.8 Å². The van der Waals surface area contributed by atoms with Gasteiger partial charge in [-0.05, 0) is 38.6 Å². The Morgan fingerprint density at radius 2 is 1.87 bits per heavy atom. The molecule has 4 heteroatoms. The highest BCUT2D eigenvalue weighted by atomic mass is 32.2. The smallest absolute Gasteiger partial charge is 0.150 e. The molecule has 1 fully saturated rings. The number of hydrogen-bond donors (Lipinski definition) is 1. The topological polar surface area (TPSA) is 46.2 Å². The molecule has 0 bridgehead atoms. The predicted molar refractivity (Wildman–Crippen MR) is 63.8 cm³/mol. The first kappa shape index (κ1) is 13.0. The summed E-state index contributed by atoms with van der Waals surface area (Å²) in [6.07, 6.45) is 6.36. The maximum Gasteiger partial charge on any atom is 0.150 e. The summed E-state index contributed by atoms with van der Waals surface area (Å²) in [7, 11) is -2.74. The second kappa shape index (κ2) is 6.48. The van der Waals surface area contributed by atoms with Gasteiger partial charge in [0.05, 0.1) is 5.75 Å². The van der Waals surface area contributed by atoms with Crippen molar-refractivity contribution in [1.29, 1.82) is 0 Å². The highest BCUT2D eigenvalue weighted by Gasteiger charge is 2.19. The third kappa shape index (κ3) is 6.90. The van der Waals surface area contributed by atoms with Crippen LogP contribution >= 0.6 is 0 Å². The molecule has 0 heterocycles. The van der Waals surface area contributed by atoms with E-state index in [0.29, 0.717) is 11.5 Å². The number of rotatable bonds is 9. The van der Waals surface area contributed by atoms with Crippen LogP contribution in [-0.4, -0.2) is 32.5 Å². The van der Waals surface area contributed by atoms with Gasteiger partial charge in [0.2, 0.25) is 0 Å². The SMILES string of the molecule is CCCS(=O)(=O)CCCCCNC1CC1. The Balaban J connectivity index is 1.90. The zero-order chi connectivity index (χ0) is 11.1. The van der Waals surface area contributed by atoms with Gasteiger partial charge >= 0.3 is 0 Å². The molecule has 0 aliphatic heterocycles. The van der Waals surface area contributed by atoms with E-state index in [-0.39, 0.29) is 0 Å². The zero-order valence-corrected chi connectivity index (χ0v) is 10.5. The molecule has 1 saturated carbocycles. The third-order valence-electron chi connectivity index (χ3n) is 2.66. The fourth-order valence-corrected chi connectivity index (χ4v) is 3.10. The van der Waals surface area contributed by atoms with Crippen LogP contribution in [0.25, 0.3) is 0 Å². The molecule has 0 atom stereocenters. The van der Waals surface area contributed by atoms with Crippen molar-refractivity contribution >= 4 is 9.84 Å². The highest BCUT2D eigenvalue weighted by Crippen LogP contribution is 2.18. The molecule has 3 nitrogen and oxygen atoms in total. The Morgan fingerprint density at radius 1 is 1.13 bits per heavy atom. The minimum atomic E-state index is -2.74. The van der Waals surface area contributed by atoms with Crippen LogP contribution in [0.4, 0.5) is 0 Å². The van der Waals surface area contributed by atoms with Gasteiger partial charge in [-0.1, -0.05) is 13.3 Å². The van der Waals surface area contributed by atoms with Crippen molar-refractivity contribution in [1.82, 2.24) is 5.32 Å². The van der Waals surface area contributed by atoms with Gasteiger partial charge in [0.1, 0.15) is 9.84 Å². The van der Waals surface area contributed by atoms with E-state index < -0.39 is 9.84 Å². The van der Waals surface area contributed by atoms with Gasteiger partial charge < -0.3 is 5.32 Å². The predicted octanol–water partition coefficient (Wildman–Crippen LogP) is 1.73. The summed E-state index contributed by atoms with van der Waals surface area (Å²) in [5, 5.41) is 3.43. The Labute approximate surface area is 93.6 Å². The van der Waals surface area contributed by atoms with Gasteiger partial charge in [0.25, 0.3) is 0 Å². The standard InChI is InChI=1S/C11H23NO2S/c1-2-9-15(13,14)10-5-3-4-8-12-11-6-7-11/h11-12H,2-10H2,1H3. The lowest BCUT2D eigenvalue weighted by molar-refractivity contribution is 0.581. The van der Waals surface area contributed by atoms with Crippen molar-refractivity contribution in [2.45, 2.75) is 51.5 Å². The maximum absolute atomic E-state index is 11.4. The summed E-state index contributed by atoms with van der Waals surface area (Å²) >= 11 is 0. The van der Waals surface area contributed by atoms with Crippen molar-refractivity contribution in [2.75, 3.05) is 18.1 Å². The van der Waals surface area contributed by atoms with E-state index in [1.165, 1.54) is 12.8 Å². The van der Waals surface area contributed by atoms with E-state index in [1.54, 1.807) is 0 Å². The van der Waals surface area contributed by atoms with Gasteiger partial charge in [-0.15, -0.1) is 0 Å². The molecule has 0 unspecified atom stereocenters. The third-order valence-corrected chi connectivity index (χ3v) is 4.60. The van der Waals surface area contributed by atoms with Crippen LogP contribution in [0.1, 0.15) is 45.4 Å². The van der Waals surface area contributed by atoms with Crippen LogP contribution in [0.15, 0.2) is 0 Å². The lowest BCUT2D eigenvalue weighted by atomic mass is 10.2. The van der Waals surface area contributed by atoms with E-state index in [0.717, 1.165) is 38.3 Å². The zero-order valence-electron chi connectivity index (χ0n) is 9.67. The summed E-state index contributed by atoms with van der Waals surface area (Å²) in [5.74, 6) is 0.734. The number of nitrogens with one attached hydrogen (secondary N) is 1. The molecular weight excluding hydrogens is 210 g/mol. The first-order chi connectivity index (χ1) is 7.14. The van der Waals surface area contributed by atoms with Crippen LogP contribution in [0, 0.1) is 0 Å². The minimum Gasteiger partial charge on any atom is -0.314 e. The van der Waals surface area contributed by atoms with E-state index in [1.807, 2.05) is 6.92 Å². The van der Waals surface area contributed by atoms with Crippen LogP contribution in [0.5, 0.6) is 0 Å². The Morgan fingerprint density at radius 3 is 2.47 bits per heavy atom. The van der Waals surface area contributed by atoms with E-state index in [4.69, 9.17) is 0 Å². The summed E-state index contributed by atoms with van der Waals surface area (Å²) in [6.45, 7) is 2.97. The van der Waals surface area contributed by atoms with Crippen molar-refractivity contribution in [3.05, 3.63) is 0 Å². The molecule has 0 aromatic heterocycles. The highest BCUT2D eigenvalue weighted by molar-refractivity contribution is 7.91. The Kier molecular flexibility index (Phi) is 5.61. The van der Waals surface area contributed by atoms with Crippen LogP contribution in [0.3, 0.4) is 0 Å². The lowest BCUT2D eigenvalue weighted by Crippen LogP contribution is -2.17. The lowest BCUT2D eigenvalue weighted by Gasteiger charge is -2.03. The Hall–Kier alpha value is -0.0900. The molecule has 0 saturated heterocycles. The first-order valence-corrected chi connectivity index (χ1v) is 7.90. The second-order valence-electron chi connectivity index (χ2n) is 4.44. The molecule has 0 spiro atoms. The molecule has 1 aliphatic rings. The van der Waals surface area contributed by atoms with E-state index in [9.17, 15) is 8.42 Å². The number of hydrogen-bond acceptors (Lipinski definition) is 3. The fraction of sp³-hybridized carbons (Fsp3) is 1.00. The van der Waals surface area contributed by atoms with Gasteiger partial charge in [-0.3, -0.25) is 0 Å². The van der Waals surface area contributed by atoms with E-state index >= 15 is 0 Å². The summed E-state index contributed by atoms with van der Waals surface area (Å²) in [6, 6.07) is 0.772. The first-order valence-electron chi connectivity index (χ1n) is 6.08. The van der Waals surface area contributed by atoms with Crippen molar-refractivity contribution in [3.8, 4) is 0 Å². The van der Waals surface area contributed by atoms with Crippen LogP contribution in [-0.2, 0) is 9.84 Å². The van der Waals surface area contributed by atoms with Crippen LogP contribution < -0.4 is 5.32 Å². The normalized spacial score (nSPS) is 16.9. The van der Waals surface area contributed by atoms with Crippen molar-refractivity contribution in [3.63, 3.8) is 0 Å². The summed E-state index contributed by atoms with van der Waals surface area (Å²) in [5.41, 5.74) is 0.